The fourth-order valence-electron chi connectivity index (χ4n) is 13.4. The lowest BCUT2D eigenvalue weighted by Crippen LogP contribution is -2.72. The third-order valence-electron chi connectivity index (χ3n) is 18.7. The molecule has 0 amide bonds. The number of rotatable bonds is 32. The van der Waals surface area contributed by atoms with Gasteiger partial charge >= 0.3 is 0 Å². The van der Waals surface area contributed by atoms with Gasteiger partial charge in [-0.3, -0.25) is 0 Å². The summed E-state index contributed by atoms with van der Waals surface area (Å²) in [6, 6.07) is 74.7. The standard InChI is InChI=1S/C44H46ClFO8.C43H42ClFO7/c1-3-50-39-22-19-34(24-38(39)46)23-35-25-36(20-21-37(35)45)44(49-2)42(53-28-33-17-11-6-12-18-33)40(51-26-31-13-7-4-8-14-31)41(43(29-47,30-48)54-44)52-27-32-15-9-5-10-16-32;1-2-47-38-21-18-33(23-37(38)45)22-34-24-35(19-20-36(34)44)43-41(50-27-32-16-10-5-11-17-32)39(48-25-30-12-6-3-7-13-30)40(42(28-46,52-43)29-51-43)49-26-31-14-8-4-9-15-31/h4-22,24-25,40-42,47-48H,3,23,26-30H2,1-2H3;3-21,23-24,39-41,46H,2,22,25-29H2,1H3/t40-,41-,42+,44-;39-,40-,41+,42-,43-/m00/s1/i23D2;22D2. The number of aliphatic hydroxyl groups excluding tert-OH is 3. The Hall–Kier alpha value is -8.28. The van der Waals surface area contributed by atoms with Gasteiger partial charge in [0.15, 0.2) is 23.1 Å². The molecule has 0 radical (unpaired) electrons. The number of hydrogen-bond donors (Lipinski definition) is 3. The molecule has 3 fully saturated rings. The van der Waals surface area contributed by atoms with Gasteiger partial charge in [-0.1, -0.05) is 229 Å². The molecule has 10 aromatic carbocycles. The minimum absolute atomic E-state index is 0.00539. The molecule has 0 unspecified atom stereocenters. The molecular formula is C87H88Cl2F2O15. The fraction of sp³-hybridized carbons (Fsp3) is 0.310. The largest absolute Gasteiger partial charge is 0.491 e. The van der Waals surface area contributed by atoms with Gasteiger partial charge in [-0.2, -0.15) is 0 Å². The van der Waals surface area contributed by atoms with E-state index >= 15 is 8.78 Å². The molecule has 3 saturated heterocycles. The Morgan fingerprint density at radius 3 is 1.17 bits per heavy atom. The van der Waals surface area contributed by atoms with Crippen molar-refractivity contribution in [2.75, 3.05) is 46.8 Å². The first-order chi connectivity index (χ1) is 53.3. The van der Waals surface area contributed by atoms with Crippen LogP contribution in [0.25, 0.3) is 0 Å². The quantitative estimate of drug-likeness (QED) is 0.0363. The molecule has 3 N–H and O–H groups in total. The van der Waals surface area contributed by atoms with Crippen LogP contribution < -0.4 is 9.47 Å². The lowest BCUT2D eigenvalue weighted by Gasteiger charge is -2.56. The Morgan fingerprint density at radius 2 is 0.783 bits per heavy atom. The van der Waals surface area contributed by atoms with Crippen molar-refractivity contribution in [3.63, 3.8) is 0 Å². The number of benzene rings is 10. The van der Waals surface area contributed by atoms with Crippen LogP contribution in [0.5, 0.6) is 11.5 Å². The first-order valence-corrected chi connectivity index (χ1v) is 35.9. The van der Waals surface area contributed by atoms with Crippen LogP contribution in [0.1, 0.15) is 86.1 Å². The smallest absolute Gasteiger partial charge is 0.225 e. The minimum Gasteiger partial charge on any atom is -0.491 e. The summed E-state index contributed by atoms with van der Waals surface area (Å²) < 4.78 is 145. The molecule has 106 heavy (non-hydrogen) atoms. The average molecular weight is 1490 g/mol. The van der Waals surface area contributed by atoms with Crippen LogP contribution in [-0.2, 0) is 111 Å². The molecule has 15 nitrogen and oxygen atoms in total. The van der Waals surface area contributed by atoms with Crippen LogP contribution in [0.4, 0.5) is 8.78 Å². The van der Waals surface area contributed by atoms with E-state index in [1.807, 2.05) is 182 Å². The van der Waals surface area contributed by atoms with Crippen LogP contribution in [0.3, 0.4) is 0 Å². The molecule has 19 heteroatoms. The number of fused-ring (bicyclic) bond motifs is 2. The molecule has 3 aliphatic rings. The lowest BCUT2D eigenvalue weighted by molar-refractivity contribution is -0.417. The molecule has 0 spiro atoms. The van der Waals surface area contributed by atoms with Gasteiger partial charge in [-0.15, -0.1) is 0 Å². The van der Waals surface area contributed by atoms with Gasteiger partial charge in [0, 0.05) is 33.8 Å². The zero-order valence-corrected chi connectivity index (χ0v) is 60.5. The summed E-state index contributed by atoms with van der Waals surface area (Å²) in [6.45, 7) is 2.73. The van der Waals surface area contributed by atoms with Gasteiger partial charge in [0.2, 0.25) is 11.6 Å². The van der Waals surface area contributed by atoms with Crippen molar-refractivity contribution in [2.24, 2.45) is 0 Å². The Bertz CT molecular complexity index is 4590. The van der Waals surface area contributed by atoms with Crippen LogP contribution in [-0.4, -0.2) is 110 Å². The van der Waals surface area contributed by atoms with Crippen molar-refractivity contribution >= 4 is 23.2 Å². The number of aliphatic hydroxyl groups is 3. The van der Waals surface area contributed by atoms with E-state index < -0.39 is 104 Å². The zero-order chi connectivity index (χ0) is 77.5. The summed E-state index contributed by atoms with van der Waals surface area (Å²) in [5, 5.41) is 33.7. The molecule has 0 aromatic heterocycles. The van der Waals surface area contributed by atoms with Crippen molar-refractivity contribution in [3.8, 4) is 11.5 Å². The van der Waals surface area contributed by atoms with E-state index in [0.717, 1.165) is 45.5 Å². The Labute approximate surface area is 633 Å². The van der Waals surface area contributed by atoms with Gasteiger partial charge < -0.3 is 72.2 Å². The second-order valence-corrected chi connectivity index (χ2v) is 26.6. The van der Waals surface area contributed by atoms with E-state index in [1.165, 1.54) is 43.5 Å². The maximum Gasteiger partial charge on any atom is 0.225 e. The van der Waals surface area contributed by atoms with E-state index in [2.05, 4.69) is 0 Å². The lowest BCUT2D eigenvalue weighted by atomic mass is 9.80. The zero-order valence-electron chi connectivity index (χ0n) is 63.0. The molecule has 2 bridgehead atoms. The van der Waals surface area contributed by atoms with Crippen LogP contribution >= 0.6 is 23.2 Å². The predicted octanol–water partition coefficient (Wildman–Crippen LogP) is 15.9. The maximum atomic E-state index is 15.1. The van der Waals surface area contributed by atoms with Crippen molar-refractivity contribution in [1.82, 2.24) is 0 Å². The fourth-order valence-corrected chi connectivity index (χ4v) is 13.8. The molecule has 9 atom stereocenters. The molecule has 13 rings (SSSR count). The topological polar surface area (TPSA) is 171 Å². The first kappa shape index (κ1) is 71.9. The number of ether oxygens (including phenoxy) is 12. The van der Waals surface area contributed by atoms with E-state index in [-0.39, 0.29) is 109 Å². The highest BCUT2D eigenvalue weighted by molar-refractivity contribution is 6.31. The van der Waals surface area contributed by atoms with E-state index in [1.54, 1.807) is 38.1 Å². The molecular weight excluding hydrogens is 1390 g/mol. The summed E-state index contributed by atoms with van der Waals surface area (Å²) in [6.07, 6.45) is -10.7. The molecule has 0 saturated carbocycles. The summed E-state index contributed by atoms with van der Waals surface area (Å²) in [5.41, 5.74) is 2.63. The van der Waals surface area contributed by atoms with Gasteiger partial charge in [0.1, 0.15) is 47.8 Å². The van der Waals surface area contributed by atoms with Gasteiger partial charge in [0.05, 0.1) is 79.3 Å². The summed E-state index contributed by atoms with van der Waals surface area (Å²) in [7, 11) is 1.39. The normalized spacial score (nSPS) is 23.1. The Morgan fingerprint density at radius 1 is 0.415 bits per heavy atom. The Balaban J connectivity index is 0.000000205. The van der Waals surface area contributed by atoms with E-state index in [9.17, 15) is 20.8 Å². The van der Waals surface area contributed by atoms with Crippen molar-refractivity contribution < 1.29 is 86.4 Å². The predicted molar refractivity (Wildman–Crippen MR) is 399 cm³/mol. The number of methoxy groups -OCH3 is 1. The van der Waals surface area contributed by atoms with Crippen molar-refractivity contribution in [1.29, 1.82) is 0 Å². The average Bonchev–Trinajstić information content (AvgIpc) is 1.20. The van der Waals surface area contributed by atoms with Gasteiger partial charge in [0.25, 0.3) is 0 Å². The SMILES string of the molecule is [2H]C([2H])(c1ccc(OCC)c(F)c1)c1cc([C@]2(OC)OC(CO)(CO)[C@@H](OCc3ccccc3)[C@H](OCc3ccccc3)[C@H]2OCc2ccccc2)ccc1Cl.[2H]C([2H])(c1ccc(OCC)c(F)c1)c1cc([C@]23OC[C@](CO)(O2)[C@@H](OCc2ccccc2)[C@H](OCc2ccccc2)[C@H]3OCc2ccccc2)ccc1Cl. The molecule has 3 heterocycles. The highest BCUT2D eigenvalue weighted by Gasteiger charge is 2.70. The van der Waals surface area contributed by atoms with Gasteiger partial charge in [-0.25, -0.2) is 8.78 Å². The molecule has 10 aromatic rings. The molecule has 0 aliphatic carbocycles. The third-order valence-corrected chi connectivity index (χ3v) is 19.4. The van der Waals surface area contributed by atoms with E-state index in [0.29, 0.717) is 5.56 Å². The Kier molecular flexibility index (Phi) is 24.8. The maximum absolute atomic E-state index is 15.1. The van der Waals surface area contributed by atoms with Crippen LogP contribution in [0.2, 0.25) is 10.0 Å². The third kappa shape index (κ3) is 18.0. The van der Waals surface area contributed by atoms with E-state index in [4.69, 9.17) is 80.0 Å². The summed E-state index contributed by atoms with van der Waals surface area (Å²) >= 11 is 13.5. The molecule has 554 valence electrons. The minimum atomic E-state index is -2.34. The molecule has 3 aliphatic heterocycles. The number of halogens is 4. The second-order valence-electron chi connectivity index (χ2n) is 25.8. The first-order valence-electron chi connectivity index (χ1n) is 37.1. The number of hydrogen-bond acceptors (Lipinski definition) is 15. The highest BCUT2D eigenvalue weighted by Crippen LogP contribution is 2.54. The van der Waals surface area contributed by atoms with Crippen molar-refractivity contribution in [2.45, 2.75) is 126 Å². The van der Waals surface area contributed by atoms with Crippen LogP contribution in [0, 0.1) is 11.6 Å². The summed E-state index contributed by atoms with van der Waals surface area (Å²) in [4.78, 5) is 0. The summed E-state index contributed by atoms with van der Waals surface area (Å²) in [5.74, 6) is -5.10. The van der Waals surface area contributed by atoms with Crippen LogP contribution in [0.15, 0.2) is 255 Å². The highest BCUT2D eigenvalue weighted by atomic mass is 35.5. The van der Waals surface area contributed by atoms with Gasteiger partial charge in [-0.05, 0) is 131 Å². The second kappa shape index (κ2) is 36.5. The van der Waals surface area contributed by atoms with Crippen molar-refractivity contribution in [3.05, 3.63) is 343 Å². The monoisotopic (exact) mass is 1480 g/mol.